The Bertz CT molecular complexity index is 978. The van der Waals surface area contributed by atoms with Gasteiger partial charge in [-0.05, 0) is 75.7 Å². The Hall–Kier alpha value is -2.06. The summed E-state index contributed by atoms with van der Waals surface area (Å²) in [6.45, 7) is 9.26. The Morgan fingerprint density at radius 3 is 2.58 bits per heavy atom. The summed E-state index contributed by atoms with van der Waals surface area (Å²) < 4.78 is 25.2. The zero-order valence-electron chi connectivity index (χ0n) is 18.6. The molecule has 1 fully saturated rings. The number of alkyl halides is 2. The van der Waals surface area contributed by atoms with Crippen LogP contribution in [0.2, 0.25) is 0 Å². The number of nitrogens with zero attached hydrogens (tertiary/aromatic N) is 1. The second kappa shape index (κ2) is 10.0. The molecule has 31 heavy (non-hydrogen) atoms. The molecule has 2 N–H and O–H groups in total. The summed E-state index contributed by atoms with van der Waals surface area (Å²) in [5, 5.41) is 4.77. The highest BCUT2D eigenvalue weighted by atomic mass is 32.1. The first-order valence-corrected chi connectivity index (χ1v) is 11.6. The third kappa shape index (κ3) is 5.60. The van der Waals surface area contributed by atoms with Crippen LogP contribution in [0.25, 0.3) is 0 Å². The molecule has 0 unspecified atom stereocenters. The molecule has 1 saturated heterocycles. The zero-order chi connectivity index (χ0) is 22.7. The highest BCUT2D eigenvalue weighted by molar-refractivity contribution is 7.10. The van der Waals surface area contributed by atoms with Crippen molar-refractivity contribution in [2.24, 2.45) is 5.92 Å². The van der Waals surface area contributed by atoms with Gasteiger partial charge in [-0.2, -0.15) is 0 Å². The third-order valence-electron chi connectivity index (χ3n) is 6.39. The number of halogens is 2. The first-order valence-electron chi connectivity index (χ1n) is 10.7. The van der Waals surface area contributed by atoms with Gasteiger partial charge < -0.3 is 10.3 Å². The highest BCUT2D eigenvalue weighted by Gasteiger charge is 2.28. The van der Waals surface area contributed by atoms with Crippen molar-refractivity contribution in [1.29, 1.82) is 0 Å². The number of piperidine rings is 1. The summed E-state index contributed by atoms with van der Waals surface area (Å²) in [6.07, 6.45) is -0.501. The van der Waals surface area contributed by atoms with E-state index in [4.69, 9.17) is 0 Å². The monoisotopic (exact) mass is 451 g/mol. The summed E-state index contributed by atoms with van der Waals surface area (Å²) in [6, 6.07) is 1.89. The summed E-state index contributed by atoms with van der Waals surface area (Å²) in [5.74, 6) is 0.525. The van der Waals surface area contributed by atoms with Crippen molar-refractivity contribution in [3.05, 3.63) is 54.6 Å². The number of nitrogens with one attached hydrogen (secondary N) is 2. The fourth-order valence-corrected chi connectivity index (χ4v) is 5.74. The lowest BCUT2D eigenvalue weighted by atomic mass is 9.83. The maximum absolute atomic E-state index is 12.8. The number of rotatable bonds is 7. The van der Waals surface area contributed by atoms with Crippen molar-refractivity contribution < 1.29 is 13.6 Å². The zero-order valence-corrected chi connectivity index (χ0v) is 19.4. The van der Waals surface area contributed by atoms with E-state index >= 15 is 0 Å². The van der Waals surface area contributed by atoms with Crippen molar-refractivity contribution in [3.8, 4) is 0 Å². The van der Waals surface area contributed by atoms with Gasteiger partial charge in [-0.3, -0.25) is 14.5 Å². The van der Waals surface area contributed by atoms with Crippen LogP contribution < -0.4 is 10.9 Å². The molecule has 1 aliphatic heterocycles. The standard InChI is InChI=1S/C23H31F2N3O2S/c1-13-9-14(2)27-23(30)18(13)10-26-22(29)19-12-31-21(16(19)4)15(3)17-5-7-28(8-6-17)11-20(24)25/h9,12,15,17,20H,5-8,10-11H2,1-4H3,(H,26,29)(H,27,30)/t15-/m1/s1. The molecule has 3 heterocycles. The molecule has 1 amide bonds. The van der Waals surface area contributed by atoms with E-state index in [1.54, 1.807) is 11.3 Å². The van der Waals surface area contributed by atoms with Crippen LogP contribution in [0.3, 0.4) is 0 Å². The number of carbonyl (C=O) groups excluding carboxylic acids is 1. The summed E-state index contributed by atoms with van der Waals surface area (Å²) >= 11 is 1.59. The van der Waals surface area contributed by atoms with Crippen LogP contribution in [0.1, 0.15) is 63.3 Å². The minimum Gasteiger partial charge on any atom is -0.348 e. The number of hydrogen-bond acceptors (Lipinski definition) is 4. The molecule has 0 spiro atoms. The molecule has 3 rings (SSSR count). The van der Waals surface area contributed by atoms with Crippen molar-refractivity contribution >= 4 is 17.2 Å². The number of aryl methyl sites for hydroxylation is 2. The molecule has 0 aromatic carbocycles. The molecule has 0 radical (unpaired) electrons. The molecule has 0 bridgehead atoms. The summed E-state index contributed by atoms with van der Waals surface area (Å²) in [5.41, 5.74) is 3.66. The largest absolute Gasteiger partial charge is 0.348 e. The summed E-state index contributed by atoms with van der Waals surface area (Å²) in [4.78, 5) is 30.8. The number of aromatic nitrogens is 1. The van der Waals surface area contributed by atoms with Crippen LogP contribution in [-0.4, -0.2) is 41.9 Å². The number of thiophene rings is 1. The lowest BCUT2D eigenvalue weighted by molar-refractivity contribution is 0.0666. The van der Waals surface area contributed by atoms with E-state index in [1.807, 2.05) is 37.1 Å². The van der Waals surface area contributed by atoms with Crippen molar-refractivity contribution in [3.63, 3.8) is 0 Å². The second-order valence-corrected chi connectivity index (χ2v) is 9.49. The first-order chi connectivity index (χ1) is 14.7. The third-order valence-corrected chi connectivity index (χ3v) is 7.68. The van der Waals surface area contributed by atoms with Crippen molar-refractivity contribution in [1.82, 2.24) is 15.2 Å². The molecule has 170 valence electrons. The highest BCUT2D eigenvalue weighted by Crippen LogP contribution is 2.38. The van der Waals surface area contributed by atoms with Crippen LogP contribution in [0.4, 0.5) is 8.78 Å². The molecule has 2 aromatic heterocycles. The van der Waals surface area contributed by atoms with Crippen molar-refractivity contribution in [2.45, 2.75) is 59.4 Å². The fraction of sp³-hybridized carbons (Fsp3) is 0.565. The maximum atomic E-state index is 12.8. The van der Waals surface area contributed by atoms with Crippen LogP contribution in [0, 0.1) is 26.7 Å². The van der Waals surface area contributed by atoms with Crippen LogP contribution >= 0.6 is 11.3 Å². The predicted octanol–water partition coefficient (Wildman–Crippen LogP) is 4.37. The van der Waals surface area contributed by atoms with Gasteiger partial charge in [-0.1, -0.05) is 6.92 Å². The average molecular weight is 452 g/mol. The smallest absolute Gasteiger partial charge is 0.253 e. The first kappa shape index (κ1) is 23.6. The lowest BCUT2D eigenvalue weighted by Gasteiger charge is -2.34. The van der Waals surface area contributed by atoms with Crippen molar-refractivity contribution in [2.75, 3.05) is 19.6 Å². The van der Waals surface area contributed by atoms with Gasteiger partial charge in [0.25, 0.3) is 17.9 Å². The number of likely N-dealkylation sites (tertiary alicyclic amines) is 1. The van der Waals surface area contributed by atoms with E-state index in [0.29, 0.717) is 30.1 Å². The predicted molar refractivity (Wildman–Crippen MR) is 120 cm³/mol. The molecule has 2 aromatic rings. The van der Waals surface area contributed by atoms with Crippen LogP contribution in [0.15, 0.2) is 16.2 Å². The van der Waals surface area contributed by atoms with E-state index in [0.717, 1.165) is 29.7 Å². The van der Waals surface area contributed by atoms with Gasteiger partial charge in [0.2, 0.25) is 0 Å². The molecule has 1 aliphatic rings. The fourth-order valence-electron chi connectivity index (χ4n) is 4.51. The van der Waals surface area contributed by atoms with E-state index in [9.17, 15) is 18.4 Å². The number of pyridine rings is 1. The molecule has 1 atom stereocenters. The average Bonchev–Trinajstić information content (AvgIpc) is 3.08. The number of aromatic amines is 1. The van der Waals surface area contributed by atoms with Gasteiger partial charge in [0.15, 0.2) is 0 Å². The van der Waals surface area contributed by atoms with E-state index in [2.05, 4.69) is 17.2 Å². The van der Waals surface area contributed by atoms with Gasteiger partial charge in [0.05, 0.1) is 12.1 Å². The Morgan fingerprint density at radius 2 is 1.97 bits per heavy atom. The molecular formula is C23H31F2N3O2S. The van der Waals surface area contributed by atoms with E-state index in [-0.39, 0.29) is 30.5 Å². The molecule has 8 heteroatoms. The second-order valence-electron chi connectivity index (χ2n) is 8.58. The summed E-state index contributed by atoms with van der Waals surface area (Å²) in [7, 11) is 0. The van der Waals surface area contributed by atoms with E-state index in [1.165, 1.54) is 4.88 Å². The van der Waals surface area contributed by atoms with Crippen LogP contribution in [-0.2, 0) is 6.54 Å². The quantitative estimate of drug-likeness (QED) is 0.657. The Labute approximate surface area is 185 Å². The minimum atomic E-state index is -2.28. The Balaban J connectivity index is 1.63. The minimum absolute atomic E-state index is 0.146. The number of H-pyrrole nitrogens is 1. The molecule has 5 nitrogen and oxygen atoms in total. The maximum Gasteiger partial charge on any atom is 0.253 e. The number of carbonyl (C=O) groups is 1. The molecular weight excluding hydrogens is 420 g/mol. The SMILES string of the molecule is Cc1cc(C)c(CNC(=O)c2csc([C@H](C)C3CCN(CC(F)F)CC3)c2C)c(=O)[nH]1. The van der Waals surface area contributed by atoms with E-state index < -0.39 is 6.43 Å². The van der Waals surface area contributed by atoms with Gasteiger partial charge in [0, 0.05) is 28.1 Å². The Morgan fingerprint density at radius 1 is 1.29 bits per heavy atom. The van der Waals surface area contributed by atoms with Gasteiger partial charge in [-0.15, -0.1) is 11.3 Å². The van der Waals surface area contributed by atoms with Crippen LogP contribution in [0.5, 0.6) is 0 Å². The number of hydrogen-bond donors (Lipinski definition) is 2. The van der Waals surface area contributed by atoms with Gasteiger partial charge in [0.1, 0.15) is 0 Å². The molecule has 0 saturated carbocycles. The Kier molecular flexibility index (Phi) is 7.64. The lowest BCUT2D eigenvalue weighted by Crippen LogP contribution is -2.38. The topological polar surface area (TPSA) is 65.2 Å². The van der Waals surface area contributed by atoms with Gasteiger partial charge in [-0.25, -0.2) is 8.78 Å². The van der Waals surface area contributed by atoms with Gasteiger partial charge >= 0.3 is 0 Å². The normalized spacial score (nSPS) is 16.6. The molecule has 0 aliphatic carbocycles. The number of amides is 1.